The van der Waals surface area contributed by atoms with Crippen LogP contribution in [-0.4, -0.2) is 36.5 Å². The Kier molecular flexibility index (Phi) is 4.93. The Morgan fingerprint density at radius 3 is 2.62 bits per heavy atom. The van der Waals surface area contributed by atoms with Crippen LogP contribution in [0.5, 0.6) is 0 Å². The molecule has 1 saturated carbocycles. The average molecular weight is 325 g/mol. The summed E-state index contributed by atoms with van der Waals surface area (Å²) in [4.78, 5) is 23.5. The molecule has 0 aromatic carbocycles. The van der Waals surface area contributed by atoms with Crippen molar-refractivity contribution < 1.29 is 4.79 Å². The molecule has 0 bridgehead atoms. The van der Waals surface area contributed by atoms with Gasteiger partial charge in [-0.2, -0.15) is 0 Å². The fraction of sp³-hybridized carbons (Fsp3) is 0.389. The summed E-state index contributed by atoms with van der Waals surface area (Å²) in [7, 11) is 3.64. The summed E-state index contributed by atoms with van der Waals surface area (Å²) in [5.41, 5.74) is 1.68. The zero-order valence-electron chi connectivity index (χ0n) is 14.1. The molecule has 2 aromatic rings. The van der Waals surface area contributed by atoms with E-state index in [9.17, 15) is 4.79 Å². The van der Waals surface area contributed by atoms with Crippen molar-refractivity contribution in [3.05, 3.63) is 36.7 Å². The lowest BCUT2D eigenvalue weighted by Gasteiger charge is -2.23. The fourth-order valence-electron chi connectivity index (χ4n) is 3.05. The van der Waals surface area contributed by atoms with E-state index in [-0.39, 0.29) is 0 Å². The van der Waals surface area contributed by atoms with Crippen LogP contribution in [0.25, 0.3) is 0 Å². The van der Waals surface area contributed by atoms with Crippen LogP contribution in [0.3, 0.4) is 0 Å². The summed E-state index contributed by atoms with van der Waals surface area (Å²) in [6, 6.07) is 8.25. The highest BCUT2D eigenvalue weighted by Crippen LogP contribution is 2.30. The first-order chi connectivity index (χ1) is 11.7. The maximum Gasteiger partial charge on any atom is 0.213 e. The SMILES string of the molecule is CN(C=O)c1cccnc1N(C)c1ccc(NC2CCCC2)nc1. The van der Waals surface area contributed by atoms with E-state index >= 15 is 0 Å². The van der Waals surface area contributed by atoms with Gasteiger partial charge < -0.3 is 15.1 Å². The van der Waals surface area contributed by atoms with E-state index in [1.165, 1.54) is 30.6 Å². The molecular weight excluding hydrogens is 302 g/mol. The maximum atomic E-state index is 11.1. The molecule has 0 spiro atoms. The van der Waals surface area contributed by atoms with Gasteiger partial charge in [-0.15, -0.1) is 0 Å². The van der Waals surface area contributed by atoms with Gasteiger partial charge in [0, 0.05) is 26.3 Å². The van der Waals surface area contributed by atoms with Gasteiger partial charge in [0.1, 0.15) is 5.82 Å². The molecule has 3 rings (SSSR count). The Hall–Kier alpha value is -2.63. The number of pyridine rings is 2. The highest BCUT2D eigenvalue weighted by Gasteiger charge is 2.16. The molecule has 2 heterocycles. The number of nitrogens with one attached hydrogen (secondary N) is 1. The summed E-state index contributed by atoms with van der Waals surface area (Å²) >= 11 is 0. The molecule has 0 unspecified atom stereocenters. The molecule has 1 amide bonds. The van der Waals surface area contributed by atoms with Crippen molar-refractivity contribution in [1.82, 2.24) is 9.97 Å². The lowest BCUT2D eigenvalue weighted by Crippen LogP contribution is -2.20. The molecule has 0 saturated heterocycles. The minimum Gasteiger partial charge on any atom is -0.367 e. The van der Waals surface area contributed by atoms with Crippen LogP contribution in [0.15, 0.2) is 36.7 Å². The highest BCUT2D eigenvalue weighted by atomic mass is 16.1. The van der Waals surface area contributed by atoms with Crippen LogP contribution in [0.2, 0.25) is 0 Å². The van der Waals surface area contributed by atoms with Gasteiger partial charge in [0.2, 0.25) is 6.41 Å². The van der Waals surface area contributed by atoms with Crippen molar-refractivity contribution in [2.24, 2.45) is 0 Å². The van der Waals surface area contributed by atoms with Gasteiger partial charge >= 0.3 is 0 Å². The summed E-state index contributed by atoms with van der Waals surface area (Å²) < 4.78 is 0. The molecule has 24 heavy (non-hydrogen) atoms. The largest absolute Gasteiger partial charge is 0.367 e. The molecule has 1 N–H and O–H groups in total. The van der Waals surface area contributed by atoms with E-state index in [1.807, 2.05) is 42.4 Å². The molecule has 126 valence electrons. The first-order valence-electron chi connectivity index (χ1n) is 8.28. The second-order valence-electron chi connectivity index (χ2n) is 6.15. The van der Waals surface area contributed by atoms with Gasteiger partial charge in [-0.25, -0.2) is 9.97 Å². The summed E-state index contributed by atoms with van der Waals surface area (Å²) in [5.74, 6) is 1.62. The van der Waals surface area contributed by atoms with E-state index in [1.54, 1.807) is 13.2 Å². The van der Waals surface area contributed by atoms with Crippen molar-refractivity contribution in [3.63, 3.8) is 0 Å². The number of hydrogen-bond acceptors (Lipinski definition) is 5. The van der Waals surface area contributed by atoms with Gasteiger partial charge in [-0.05, 0) is 37.1 Å². The number of anilines is 4. The fourth-order valence-corrected chi connectivity index (χ4v) is 3.05. The quantitative estimate of drug-likeness (QED) is 0.827. The van der Waals surface area contributed by atoms with Gasteiger partial charge in [0.05, 0.1) is 17.6 Å². The zero-order valence-corrected chi connectivity index (χ0v) is 14.1. The number of rotatable bonds is 6. The van der Waals surface area contributed by atoms with Crippen molar-refractivity contribution in [3.8, 4) is 0 Å². The molecule has 0 radical (unpaired) electrons. The van der Waals surface area contributed by atoms with Crippen LogP contribution >= 0.6 is 0 Å². The highest BCUT2D eigenvalue weighted by molar-refractivity contribution is 5.83. The topological polar surface area (TPSA) is 61.4 Å². The standard InChI is InChI=1S/C18H23N5O/c1-22(13-24)16-8-5-11-19-18(16)23(2)15-9-10-17(20-12-15)21-14-6-3-4-7-14/h5,8-14H,3-4,6-7H2,1-2H3,(H,20,21). The first-order valence-corrected chi connectivity index (χ1v) is 8.28. The Morgan fingerprint density at radius 2 is 1.96 bits per heavy atom. The molecule has 1 aliphatic rings. The molecule has 1 fully saturated rings. The Balaban J connectivity index is 1.77. The van der Waals surface area contributed by atoms with E-state index < -0.39 is 0 Å². The molecule has 0 atom stereocenters. The van der Waals surface area contributed by atoms with Crippen molar-refractivity contribution >= 4 is 29.4 Å². The minimum atomic E-state index is 0.546. The molecule has 6 nitrogen and oxygen atoms in total. The maximum absolute atomic E-state index is 11.1. The normalized spacial score (nSPS) is 14.4. The molecule has 2 aromatic heterocycles. The van der Waals surface area contributed by atoms with Gasteiger partial charge in [0.15, 0.2) is 5.82 Å². The lowest BCUT2D eigenvalue weighted by molar-refractivity contribution is -0.107. The van der Waals surface area contributed by atoms with Crippen LogP contribution in [0.1, 0.15) is 25.7 Å². The van der Waals surface area contributed by atoms with Gasteiger partial charge in [-0.1, -0.05) is 12.8 Å². The van der Waals surface area contributed by atoms with Crippen molar-refractivity contribution in [1.29, 1.82) is 0 Å². The Morgan fingerprint density at radius 1 is 1.17 bits per heavy atom. The predicted molar refractivity (Wildman–Crippen MR) is 96.9 cm³/mol. The lowest BCUT2D eigenvalue weighted by atomic mass is 10.2. The third-order valence-electron chi connectivity index (χ3n) is 4.46. The summed E-state index contributed by atoms with van der Waals surface area (Å²) in [5, 5.41) is 3.49. The number of aromatic nitrogens is 2. The summed E-state index contributed by atoms with van der Waals surface area (Å²) in [6.07, 6.45) is 9.36. The first kappa shape index (κ1) is 16.2. The van der Waals surface area contributed by atoms with Crippen LogP contribution in [0.4, 0.5) is 23.0 Å². The van der Waals surface area contributed by atoms with Gasteiger partial charge in [0.25, 0.3) is 0 Å². The van der Waals surface area contributed by atoms with E-state index in [2.05, 4.69) is 15.3 Å². The van der Waals surface area contributed by atoms with Gasteiger partial charge in [-0.3, -0.25) is 4.79 Å². The van der Waals surface area contributed by atoms with Crippen LogP contribution in [-0.2, 0) is 4.79 Å². The van der Waals surface area contributed by atoms with Crippen LogP contribution in [0, 0.1) is 0 Å². The average Bonchev–Trinajstić information content (AvgIpc) is 3.14. The Labute approximate surface area is 142 Å². The minimum absolute atomic E-state index is 0.546. The third-order valence-corrected chi connectivity index (χ3v) is 4.46. The number of carbonyl (C=O) groups is 1. The van der Waals surface area contributed by atoms with E-state index in [0.29, 0.717) is 11.9 Å². The second-order valence-corrected chi connectivity index (χ2v) is 6.15. The number of hydrogen-bond donors (Lipinski definition) is 1. The number of carbonyl (C=O) groups excluding carboxylic acids is 1. The number of amides is 1. The Bertz CT molecular complexity index is 682. The second kappa shape index (κ2) is 7.29. The molecular formula is C18H23N5O. The van der Waals surface area contributed by atoms with Crippen LogP contribution < -0.4 is 15.1 Å². The molecule has 6 heteroatoms. The molecule has 1 aliphatic carbocycles. The summed E-state index contributed by atoms with van der Waals surface area (Å²) in [6.45, 7) is 0. The zero-order chi connectivity index (χ0) is 16.9. The third kappa shape index (κ3) is 3.48. The van der Waals surface area contributed by atoms with Crippen molar-refractivity contribution in [2.75, 3.05) is 29.2 Å². The smallest absolute Gasteiger partial charge is 0.213 e. The predicted octanol–water partition coefficient (Wildman–Crippen LogP) is 3.19. The molecule has 0 aliphatic heterocycles. The monoisotopic (exact) mass is 325 g/mol. The van der Waals surface area contributed by atoms with E-state index in [0.717, 1.165) is 23.6 Å². The van der Waals surface area contributed by atoms with Crippen molar-refractivity contribution in [2.45, 2.75) is 31.7 Å². The number of nitrogens with zero attached hydrogens (tertiary/aromatic N) is 4. The van der Waals surface area contributed by atoms with E-state index in [4.69, 9.17) is 0 Å².